The fourth-order valence-electron chi connectivity index (χ4n) is 2.93. The van der Waals surface area contributed by atoms with Crippen LogP contribution >= 0.6 is 0 Å². The summed E-state index contributed by atoms with van der Waals surface area (Å²) in [6, 6.07) is 9.54. The van der Waals surface area contributed by atoms with Crippen molar-refractivity contribution < 1.29 is 9.53 Å². The highest BCUT2D eigenvalue weighted by Gasteiger charge is 2.25. The molecule has 130 valence electrons. The van der Waals surface area contributed by atoms with E-state index in [1.54, 1.807) is 25.4 Å². The quantitative estimate of drug-likeness (QED) is 0.829. The molecule has 1 aromatic carbocycles. The fourth-order valence-corrected chi connectivity index (χ4v) is 2.93. The van der Waals surface area contributed by atoms with Crippen molar-refractivity contribution in [2.45, 2.75) is 19.4 Å². The standard InChI is InChI=1S/C18H21N5O2/c1-22-11-17(20-21-22)18(24)23-8-6-16(7-9-23)13-25-12-15-4-2-14(10-19)3-5-15/h2-5,11,16H,6-9,12-13H2,1H3. The summed E-state index contributed by atoms with van der Waals surface area (Å²) in [6.07, 6.45) is 3.51. The SMILES string of the molecule is Cn1cc(C(=O)N2CCC(COCc3ccc(C#N)cc3)CC2)nn1. The number of hydrogen-bond donors (Lipinski definition) is 0. The predicted octanol–water partition coefficient (Wildman–Crippen LogP) is 1.76. The van der Waals surface area contributed by atoms with Gasteiger partial charge in [0, 0.05) is 26.7 Å². The number of piperidine rings is 1. The molecule has 0 bridgehead atoms. The van der Waals surface area contributed by atoms with Crippen LogP contribution in [-0.4, -0.2) is 45.5 Å². The highest BCUT2D eigenvalue weighted by molar-refractivity contribution is 5.91. The Morgan fingerprint density at radius 2 is 2.04 bits per heavy atom. The lowest BCUT2D eigenvalue weighted by atomic mass is 9.97. The molecule has 0 spiro atoms. The van der Waals surface area contributed by atoms with Gasteiger partial charge in [-0.15, -0.1) is 5.10 Å². The summed E-state index contributed by atoms with van der Waals surface area (Å²) in [5, 5.41) is 16.5. The Hall–Kier alpha value is -2.72. The molecule has 1 aliphatic rings. The van der Waals surface area contributed by atoms with Crippen LogP contribution in [0.2, 0.25) is 0 Å². The third-order valence-corrected chi connectivity index (χ3v) is 4.43. The molecule has 25 heavy (non-hydrogen) atoms. The van der Waals surface area contributed by atoms with Crippen LogP contribution in [0.4, 0.5) is 0 Å². The molecule has 0 aliphatic carbocycles. The van der Waals surface area contributed by atoms with Gasteiger partial charge in [-0.1, -0.05) is 17.3 Å². The predicted molar refractivity (Wildman–Crippen MR) is 90.4 cm³/mol. The van der Waals surface area contributed by atoms with Crippen molar-refractivity contribution in [2.75, 3.05) is 19.7 Å². The van der Waals surface area contributed by atoms with E-state index in [4.69, 9.17) is 10.00 Å². The first-order chi connectivity index (χ1) is 12.2. The Balaban J connectivity index is 1.40. The first-order valence-corrected chi connectivity index (χ1v) is 8.38. The lowest BCUT2D eigenvalue weighted by Crippen LogP contribution is -2.39. The second-order valence-electron chi connectivity index (χ2n) is 6.34. The molecule has 0 radical (unpaired) electrons. The molecule has 2 heterocycles. The van der Waals surface area contributed by atoms with E-state index in [-0.39, 0.29) is 5.91 Å². The fraction of sp³-hybridized carbons (Fsp3) is 0.444. The second kappa shape index (κ2) is 7.90. The van der Waals surface area contributed by atoms with Crippen LogP contribution in [0.5, 0.6) is 0 Å². The van der Waals surface area contributed by atoms with E-state index >= 15 is 0 Å². The topological polar surface area (TPSA) is 84.0 Å². The van der Waals surface area contributed by atoms with Gasteiger partial charge >= 0.3 is 0 Å². The Bertz CT molecular complexity index is 755. The van der Waals surface area contributed by atoms with Crippen molar-refractivity contribution in [3.63, 3.8) is 0 Å². The number of nitriles is 1. The Morgan fingerprint density at radius 1 is 1.32 bits per heavy atom. The summed E-state index contributed by atoms with van der Waals surface area (Å²) < 4.78 is 7.34. The lowest BCUT2D eigenvalue weighted by Gasteiger charge is -2.31. The van der Waals surface area contributed by atoms with Crippen LogP contribution in [0.3, 0.4) is 0 Å². The zero-order chi connectivity index (χ0) is 17.6. The van der Waals surface area contributed by atoms with Crippen LogP contribution in [0.1, 0.15) is 34.5 Å². The van der Waals surface area contributed by atoms with Gasteiger partial charge in [0.05, 0.1) is 24.4 Å². The maximum absolute atomic E-state index is 12.3. The number of carbonyl (C=O) groups is 1. The summed E-state index contributed by atoms with van der Waals surface area (Å²) in [7, 11) is 1.75. The number of likely N-dealkylation sites (tertiary alicyclic amines) is 1. The summed E-state index contributed by atoms with van der Waals surface area (Å²) in [5.41, 5.74) is 2.12. The highest BCUT2D eigenvalue weighted by Crippen LogP contribution is 2.19. The van der Waals surface area contributed by atoms with Crippen molar-refractivity contribution >= 4 is 5.91 Å². The second-order valence-corrected chi connectivity index (χ2v) is 6.34. The number of ether oxygens (including phenoxy) is 1. The normalized spacial score (nSPS) is 15.1. The third kappa shape index (κ3) is 4.43. The average molecular weight is 339 g/mol. The molecule has 0 N–H and O–H groups in total. The third-order valence-electron chi connectivity index (χ3n) is 4.43. The van der Waals surface area contributed by atoms with Crippen LogP contribution < -0.4 is 0 Å². The number of aromatic nitrogens is 3. The number of carbonyl (C=O) groups excluding carboxylic acids is 1. The van der Waals surface area contributed by atoms with Gasteiger partial charge in [-0.2, -0.15) is 5.26 Å². The zero-order valence-corrected chi connectivity index (χ0v) is 14.3. The minimum atomic E-state index is -0.0509. The number of amides is 1. The van der Waals surface area contributed by atoms with Gasteiger partial charge in [-0.25, -0.2) is 0 Å². The monoisotopic (exact) mass is 339 g/mol. The Kier molecular flexibility index (Phi) is 5.41. The molecule has 1 aromatic heterocycles. The number of aryl methyl sites for hydroxylation is 1. The molecule has 1 fully saturated rings. The van der Waals surface area contributed by atoms with Crippen LogP contribution in [0, 0.1) is 17.2 Å². The average Bonchev–Trinajstić information content (AvgIpc) is 3.09. The summed E-state index contributed by atoms with van der Waals surface area (Å²) >= 11 is 0. The van der Waals surface area contributed by atoms with Gasteiger partial charge < -0.3 is 9.64 Å². The molecule has 7 heteroatoms. The molecule has 3 rings (SSSR count). The van der Waals surface area contributed by atoms with E-state index in [1.165, 1.54) is 4.68 Å². The number of benzene rings is 1. The molecular formula is C18H21N5O2. The van der Waals surface area contributed by atoms with Crippen LogP contribution in [0.25, 0.3) is 0 Å². The lowest BCUT2D eigenvalue weighted by molar-refractivity contribution is 0.0475. The van der Waals surface area contributed by atoms with Gasteiger partial charge in [0.1, 0.15) is 0 Å². The molecule has 2 aromatic rings. The van der Waals surface area contributed by atoms with Gasteiger partial charge in [-0.05, 0) is 36.5 Å². The van der Waals surface area contributed by atoms with Gasteiger partial charge in [0.25, 0.3) is 5.91 Å². The smallest absolute Gasteiger partial charge is 0.276 e. The number of rotatable bonds is 5. The largest absolute Gasteiger partial charge is 0.376 e. The van der Waals surface area contributed by atoms with E-state index in [0.29, 0.717) is 30.4 Å². The molecule has 1 amide bonds. The van der Waals surface area contributed by atoms with Gasteiger partial charge in [0.15, 0.2) is 5.69 Å². The van der Waals surface area contributed by atoms with E-state index in [9.17, 15) is 4.79 Å². The summed E-state index contributed by atoms with van der Waals surface area (Å²) in [5.74, 6) is 0.411. The van der Waals surface area contributed by atoms with Crippen LogP contribution in [0.15, 0.2) is 30.5 Å². The Labute approximate surface area is 146 Å². The maximum Gasteiger partial charge on any atom is 0.276 e. The molecule has 0 saturated carbocycles. The molecule has 7 nitrogen and oxygen atoms in total. The van der Waals surface area contributed by atoms with E-state index < -0.39 is 0 Å². The minimum Gasteiger partial charge on any atom is -0.376 e. The van der Waals surface area contributed by atoms with E-state index in [0.717, 1.165) is 31.5 Å². The van der Waals surface area contributed by atoms with Gasteiger partial charge in [-0.3, -0.25) is 9.48 Å². The molecule has 0 unspecified atom stereocenters. The highest BCUT2D eigenvalue weighted by atomic mass is 16.5. The first-order valence-electron chi connectivity index (χ1n) is 8.38. The van der Waals surface area contributed by atoms with Crippen molar-refractivity contribution in [1.82, 2.24) is 19.9 Å². The number of hydrogen-bond acceptors (Lipinski definition) is 5. The minimum absolute atomic E-state index is 0.0509. The van der Waals surface area contributed by atoms with E-state index in [1.807, 2.05) is 17.0 Å². The number of nitrogens with zero attached hydrogens (tertiary/aromatic N) is 5. The molecule has 0 atom stereocenters. The summed E-state index contributed by atoms with van der Waals surface area (Å²) in [6.45, 7) is 2.68. The molecule has 1 aliphatic heterocycles. The Morgan fingerprint density at radius 3 is 2.64 bits per heavy atom. The van der Waals surface area contributed by atoms with Crippen molar-refractivity contribution in [2.24, 2.45) is 13.0 Å². The summed E-state index contributed by atoms with van der Waals surface area (Å²) in [4.78, 5) is 14.2. The maximum atomic E-state index is 12.3. The molecular weight excluding hydrogens is 318 g/mol. The van der Waals surface area contributed by atoms with Crippen molar-refractivity contribution in [3.8, 4) is 6.07 Å². The first kappa shape index (κ1) is 17.1. The van der Waals surface area contributed by atoms with Crippen LogP contribution in [-0.2, 0) is 18.4 Å². The van der Waals surface area contributed by atoms with Crippen molar-refractivity contribution in [1.29, 1.82) is 5.26 Å². The van der Waals surface area contributed by atoms with Gasteiger partial charge in [0.2, 0.25) is 0 Å². The van der Waals surface area contributed by atoms with E-state index in [2.05, 4.69) is 16.4 Å². The van der Waals surface area contributed by atoms with Crippen molar-refractivity contribution in [3.05, 3.63) is 47.3 Å². The zero-order valence-electron chi connectivity index (χ0n) is 14.3. The molecule has 1 saturated heterocycles.